The zero-order chi connectivity index (χ0) is 17.1. The fourth-order valence-corrected chi connectivity index (χ4v) is 9.98. The van der Waals surface area contributed by atoms with E-state index in [-0.39, 0.29) is 30.2 Å². The summed E-state index contributed by atoms with van der Waals surface area (Å²) in [6.07, 6.45) is 2.38. The van der Waals surface area contributed by atoms with Crippen LogP contribution in [0.4, 0.5) is 0 Å². The van der Waals surface area contributed by atoms with Crippen molar-refractivity contribution in [3.05, 3.63) is 58.9 Å². The summed E-state index contributed by atoms with van der Waals surface area (Å²) in [5.74, 6) is 0. The van der Waals surface area contributed by atoms with Gasteiger partial charge in [-0.15, -0.1) is 0 Å². The Kier molecular flexibility index (Phi) is 7.66. The van der Waals surface area contributed by atoms with E-state index in [4.69, 9.17) is 0 Å². The summed E-state index contributed by atoms with van der Waals surface area (Å²) in [4.78, 5) is 0. The zero-order valence-corrected chi connectivity index (χ0v) is 21.5. The van der Waals surface area contributed by atoms with Gasteiger partial charge in [-0.2, -0.15) is 0 Å². The molecule has 0 aliphatic heterocycles. The van der Waals surface area contributed by atoms with Gasteiger partial charge in [0.1, 0.15) is 0 Å². The van der Waals surface area contributed by atoms with E-state index in [2.05, 4.69) is 82.6 Å². The Morgan fingerprint density at radius 1 is 0.920 bits per heavy atom. The van der Waals surface area contributed by atoms with Crippen LogP contribution in [0.5, 0.6) is 0 Å². The van der Waals surface area contributed by atoms with E-state index in [1.165, 1.54) is 26.7 Å². The molecule has 0 heterocycles. The van der Waals surface area contributed by atoms with Crippen molar-refractivity contribution in [2.24, 2.45) is 5.41 Å². The molecule has 0 saturated carbocycles. The summed E-state index contributed by atoms with van der Waals surface area (Å²) in [7, 11) is 0. The average molecular weight is 519 g/mol. The molecule has 1 atom stereocenters. The van der Waals surface area contributed by atoms with Crippen LogP contribution in [0.2, 0.25) is 0 Å². The molecule has 0 saturated heterocycles. The van der Waals surface area contributed by atoms with Gasteiger partial charge in [0.25, 0.3) is 0 Å². The first-order valence-corrected chi connectivity index (χ1v) is 11.7. The molecule has 0 spiro atoms. The average Bonchev–Trinajstić information content (AvgIpc) is 2.89. The molecule has 1 aromatic carbocycles. The number of aryl methyl sites for hydroxylation is 2. The predicted molar refractivity (Wildman–Crippen MR) is 100 cm³/mol. The molecular weight excluding hydrogens is 494 g/mol. The maximum absolute atomic E-state index is 3.92. The molecule has 25 heavy (non-hydrogen) atoms. The third-order valence-corrected chi connectivity index (χ3v) is 13.0. The topological polar surface area (TPSA) is 0 Å². The maximum atomic E-state index is 3.92. The predicted octanol–water partition coefficient (Wildman–Crippen LogP) is 0.835. The van der Waals surface area contributed by atoms with Crippen LogP contribution in [0.25, 0.3) is 6.08 Å². The van der Waals surface area contributed by atoms with E-state index in [0.29, 0.717) is 3.63 Å². The molecule has 0 aromatic heterocycles. The number of hydrogen-bond acceptors (Lipinski definition) is 0. The second-order valence-electron chi connectivity index (χ2n) is 7.51. The first-order chi connectivity index (χ1) is 10.7. The van der Waals surface area contributed by atoms with Gasteiger partial charge in [-0.05, 0) is 0 Å². The van der Waals surface area contributed by atoms with Crippen molar-refractivity contribution in [1.29, 1.82) is 0 Å². The molecule has 2 aliphatic rings. The van der Waals surface area contributed by atoms with E-state index in [9.17, 15) is 0 Å². The minimum absolute atomic E-state index is 0. The molecule has 0 fully saturated rings. The van der Waals surface area contributed by atoms with Gasteiger partial charge in [-0.1, -0.05) is 0 Å². The molecule has 1 aromatic rings. The van der Waals surface area contributed by atoms with E-state index in [1.54, 1.807) is 20.0 Å². The Morgan fingerprint density at radius 3 is 2.00 bits per heavy atom. The van der Waals surface area contributed by atoms with Crippen LogP contribution in [0.1, 0.15) is 60.5 Å². The first-order valence-electron chi connectivity index (χ1n) is 8.29. The van der Waals surface area contributed by atoms with E-state index in [0.717, 1.165) is 0 Å². The Morgan fingerprint density at radius 2 is 1.48 bits per heavy atom. The summed E-state index contributed by atoms with van der Waals surface area (Å²) in [6.45, 7) is 16.3. The molecule has 3 rings (SSSR count). The molecule has 0 bridgehead atoms. The van der Waals surface area contributed by atoms with Crippen LogP contribution >= 0.6 is 15.9 Å². The molecule has 0 amide bonds. The quantitative estimate of drug-likeness (QED) is 0.544. The van der Waals surface area contributed by atoms with Crippen LogP contribution in [0, 0.1) is 19.3 Å². The van der Waals surface area contributed by atoms with Crippen molar-refractivity contribution in [3.63, 3.8) is 0 Å². The van der Waals surface area contributed by atoms with Gasteiger partial charge in [0.2, 0.25) is 0 Å². The van der Waals surface area contributed by atoms with Gasteiger partial charge in [-0.3, -0.25) is 0 Å². The molecule has 1 unspecified atom stereocenters. The molecule has 4 heteroatoms. The first kappa shape index (κ1) is 23.4. The largest absolute Gasteiger partial charge is 1.00 e. The minimum Gasteiger partial charge on any atom is -1.00 e. The van der Waals surface area contributed by atoms with Crippen molar-refractivity contribution < 1.29 is 48.0 Å². The molecular formula is C21H25BrCl2Zr. The van der Waals surface area contributed by atoms with Crippen LogP contribution in [0.15, 0.2) is 36.6 Å². The number of halogens is 3. The van der Waals surface area contributed by atoms with E-state index < -0.39 is 23.2 Å². The molecule has 134 valence electrons. The number of benzene rings is 1. The smallest absolute Gasteiger partial charge is 1.00 e. The maximum Gasteiger partial charge on any atom is -1.00 e. The minimum atomic E-state index is -0.766. The molecule has 0 radical (unpaired) electrons. The normalized spacial score (nSPS) is 20.6. The molecule has 0 N–H and O–H groups in total. The Labute approximate surface area is 185 Å². The molecule has 0 nitrogen and oxygen atoms in total. The fraction of sp³-hybridized carbons (Fsp3) is 0.429. The third-order valence-electron chi connectivity index (χ3n) is 5.92. The second-order valence-corrected chi connectivity index (χ2v) is 11.8. The van der Waals surface area contributed by atoms with Gasteiger partial charge in [0.15, 0.2) is 0 Å². The Bertz CT molecular complexity index is 800. The van der Waals surface area contributed by atoms with E-state index in [1.807, 2.05) is 0 Å². The number of allylic oxidation sites excluding steroid dienone is 5. The van der Waals surface area contributed by atoms with Crippen LogP contribution in [-0.2, 0) is 23.2 Å². The summed E-state index contributed by atoms with van der Waals surface area (Å²) in [5.41, 5.74) is 10.9. The van der Waals surface area contributed by atoms with Crippen LogP contribution in [-0.4, -0.2) is 0 Å². The molecule has 2 aliphatic carbocycles. The van der Waals surface area contributed by atoms with Gasteiger partial charge in [0, 0.05) is 0 Å². The number of rotatable bonds is 2. The van der Waals surface area contributed by atoms with Crippen molar-refractivity contribution in [1.82, 2.24) is 0 Å². The SMILES string of the molecule is CC1=C(C)C(C)(C)[C]([Zr+2][CH]2C(Br)=Cc3c(C)ccc(C)c32)=C1C.[Cl-].[Cl-]. The monoisotopic (exact) mass is 516 g/mol. The Hall–Kier alpha value is 0.383. The van der Waals surface area contributed by atoms with Crippen molar-refractivity contribution >= 4 is 22.0 Å². The van der Waals surface area contributed by atoms with Crippen molar-refractivity contribution in [2.75, 3.05) is 0 Å². The zero-order valence-electron chi connectivity index (χ0n) is 15.9. The Balaban J connectivity index is 0.00000156. The summed E-state index contributed by atoms with van der Waals surface area (Å²) in [5, 5.41) is 0. The summed E-state index contributed by atoms with van der Waals surface area (Å²) < 4.78 is 3.83. The van der Waals surface area contributed by atoms with Gasteiger partial charge in [-0.25, -0.2) is 0 Å². The standard InChI is InChI=1S/C11H10Br.C10H15.2ClH.Zr/c1-7-3-4-8(2)11-6-9(12)5-10(7)11;1-7-6-10(4,5)9(3)8(7)2;;;/h3-6H,1-2H3;1-5H3;2*1H;/q;;;;+2/p-2. The van der Waals surface area contributed by atoms with Gasteiger partial charge >= 0.3 is 162 Å². The van der Waals surface area contributed by atoms with Crippen LogP contribution < -0.4 is 24.8 Å². The summed E-state index contributed by atoms with van der Waals surface area (Å²) in [6, 6.07) is 4.56. The van der Waals surface area contributed by atoms with Crippen molar-refractivity contribution in [2.45, 2.75) is 52.1 Å². The van der Waals surface area contributed by atoms with Crippen LogP contribution in [0.3, 0.4) is 0 Å². The van der Waals surface area contributed by atoms with E-state index >= 15 is 0 Å². The number of hydrogen-bond donors (Lipinski definition) is 0. The summed E-state index contributed by atoms with van der Waals surface area (Å²) >= 11 is 3.15. The van der Waals surface area contributed by atoms with Crippen molar-refractivity contribution in [3.8, 4) is 0 Å². The van der Waals surface area contributed by atoms with Gasteiger partial charge in [0.05, 0.1) is 0 Å². The fourth-order valence-electron chi connectivity index (χ4n) is 3.96. The van der Waals surface area contributed by atoms with Gasteiger partial charge < -0.3 is 24.8 Å². The number of fused-ring (bicyclic) bond motifs is 1. The third kappa shape index (κ3) is 3.71. The second kappa shape index (κ2) is 8.18.